The van der Waals surface area contributed by atoms with Crippen molar-refractivity contribution < 1.29 is 91.4 Å². The van der Waals surface area contributed by atoms with Gasteiger partial charge in [-0.15, -0.1) is 0 Å². The summed E-state index contributed by atoms with van der Waals surface area (Å²) in [5.74, 6) is -17.5. The number of nitrogens with zero attached hydrogens (tertiary/aromatic N) is 4. The van der Waals surface area contributed by atoms with E-state index in [1.807, 2.05) is 0 Å². The zero-order valence-corrected chi connectivity index (χ0v) is 31.6. The number of aromatic hydroxyl groups is 6. The average molecular weight is 833 g/mol. The molecule has 0 saturated carbocycles. The van der Waals surface area contributed by atoms with E-state index in [1.54, 1.807) is 0 Å². The molecule has 0 bridgehead atoms. The number of piperazine rings is 1. The maximum absolute atomic E-state index is 14.9. The molecule has 2 aromatic carbocycles. The Labute approximate surface area is 319 Å². The van der Waals surface area contributed by atoms with Crippen LogP contribution in [0.25, 0.3) is 0 Å². The van der Waals surface area contributed by atoms with Gasteiger partial charge >= 0.3 is 18.4 Å². The lowest BCUT2D eigenvalue weighted by atomic mass is 9.55. The third kappa shape index (κ3) is 6.24. The van der Waals surface area contributed by atoms with Crippen LogP contribution in [0.15, 0.2) is 0 Å². The van der Waals surface area contributed by atoms with Crippen LogP contribution in [0.4, 0.5) is 35.5 Å². The Hall–Kier alpha value is -4.71. The number of hydrogen-bond acceptors (Lipinski definition) is 13. The van der Waals surface area contributed by atoms with Crippen molar-refractivity contribution in [1.82, 2.24) is 19.6 Å². The second-order valence-corrected chi connectivity index (χ2v) is 15.2. The molecule has 0 radical (unpaired) electrons. The number of carbonyl (C=O) groups excluding carboxylic acids is 2. The Morgan fingerprint density at radius 3 is 1.56 bits per heavy atom. The summed E-state index contributed by atoms with van der Waals surface area (Å²) < 4.78 is 99.4. The number of alkyl halides is 6. The summed E-state index contributed by atoms with van der Waals surface area (Å²) in [4.78, 5) is 29.7. The number of halogens is 7. The fraction of sp³-hybridized carbons (Fsp3) is 0.588. The van der Waals surface area contributed by atoms with Crippen LogP contribution in [0.2, 0.25) is 0 Å². The van der Waals surface area contributed by atoms with Gasteiger partial charge in [-0.05, 0) is 27.7 Å². The van der Waals surface area contributed by atoms with Gasteiger partial charge in [0.25, 0.3) is 0 Å². The normalized spacial score (nSPS) is 25.3. The molecule has 2 aliphatic rings. The van der Waals surface area contributed by atoms with Gasteiger partial charge in [0, 0.05) is 56.7 Å². The summed E-state index contributed by atoms with van der Waals surface area (Å²) in [5.41, 5.74) is -21.1. The van der Waals surface area contributed by atoms with E-state index in [0.717, 1.165) is 13.8 Å². The summed E-state index contributed by atoms with van der Waals surface area (Å²) in [6.07, 6.45) is -12.0. The van der Waals surface area contributed by atoms with Gasteiger partial charge in [0.05, 0.1) is 17.1 Å². The van der Waals surface area contributed by atoms with Crippen molar-refractivity contribution in [2.45, 2.75) is 89.6 Å². The first-order chi connectivity index (χ1) is 25.5. The first kappa shape index (κ1) is 45.0. The van der Waals surface area contributed by atoms with E-state index in [9.17, 15) is 91.4 Å². The van der Waals surface area contributed by atoms with Crippen LogP contribution in [0, 0.1) is 18.2 Å². The monoisotopic (exact) mass is 832 g/mol. The van der Waals surface area contributed by atoms with Crippen molar-refractivity contribution in [2.75, 3.05) is 33.2 Å². The first-order valence-electron chi connectivity index (χ1n) is 16.9. The maximum atomic E-state index is 14.9. The van der Waals surface area contributed by atoms with Gasteiger partial charge in [-0.2, -0.15) is 30.7 Å². The van der Waals surface area contributed by atoms with E-state index >= 15 is 0 Å². The molecule has 0 aromatic heterocycles. The summed E-state index contributed by atoms with van der Waals surface area (Å²) in [5, 5.41) is 112. The lowest BCUT2D eigenvalue weighted by Crippen LogP contribution is -2.86. The molecular weight excluding hydrogens is 789 g/mol. The molecular formula is C34H43F7N4O12. The van der Waals surface area contributed by atoms with Crippen LogP contribution in [0.1, 0.15) is 69.4 Å². The molecule has 23 heteroatoms. The second kappa shape index (κ2) is 13.4. The second-order valence-electron chi connectivity index (χ2n) is 15.2. The Balaban J connectivity index is 2.12. The van der Waals surface area contributed by atoms with Crippen molar-refractivity contribution in [2.24, 2.45) is 5.41 Å². The standard InChI is InChI=1S/C34H43F7N4O12/c1-13-15(24(51)25(52)19(35)20(13)47)29(5)28(3,4)26(44-11-9-43(10-12-44)14(2)46)32(56,57)31(7,55)45(29)27(53)42(8)30(6,54)16-21(48)17(33(36,37)38)23(50)18(22(16)49)34(39,40)41/h26,47-52,54-57H,9-12H2,1-8H3. The summed E-state index contributed by atoms with van der Waals surface area (Å²) in [7, 11) is 0.466. The number of phenolic OH excluding ortho intramolecular Hbond substituents is 6. The summed E-state index contributed by atoms with van der Waals surface area (Å²) in [6, 6.07) is -3.81. The lowest BCUT2D eigenvalue weighted by Gasteiger charge is -2.69. The van der Waals surface area contributed by atoms with Crippen LogP contribution in [0.5, 0.6) is 34.5 Å². The summed E-state index contributed by atoms with van der Waals surface area (Å²) >= 11 is 0. The molecule has 2 aromatic rings. The molecule has 2 heterocycles. The van der Waals surface area contributed by atoms with Crippen molar-refractivity contribution in [3.63, 3.8) is 0 Å². The SMILES string of the molecule is CC(=O)N1CCN(C2C(C)(C)C(C)(c3c(C)c(O)c(F)c(O)c3O)N(C(=O)N(C)C(C)(O)c3c(O)c(C(F)(F)F)c(O)c(C(F)(F)F)c3O)C(C)(O)C2(O)O)CC1. The van der Waals surface area contributed by atoms with E-state index in [0.29, 0.717) is 20.9 Å². The molecule has 16 nitrogen and oxygen atoms in total. The van der Waals surface area contributed by atoms with E-state index < -0.39 is 121 Å². The predicted octanol–water partition coefficient (Wildman–Crippen LogP) is 2.80. The minimum absolute atomic E-state index is 0.0209. The predicted molar refractivity (Wildman–Crippen MR) is 179 cm³/mol. The van der Waals surface area contributed by atoms with Crippen molar-refractivity contribution in [3.8, 4) is 34.5 Å². The Kier molecular flexibility index (Phi) is 10.6. The molecule has 10 N–H and O–H groups in total. The van der Waals surface area contributed by atoms with Crippen LogP contribution >= 0.6 is 0 Å². The van der Waals surface area contributed by atoms with Crippen molar-refractivity contribution in [3.05, 3.63) is 33.6 Å². The van der Waals surface area contributed by atoms with E-state index in [-0.39, 0.29) is 41.9 Å². The van der Waals surface area contributed by atoms with Crippen LogP contribution in [-0.2, 0) is 28.4 Å². The molecule has 4 rings (SSSR count). The minimum atomic E-state index is -6.01. The zero-order chi connectivity index (χ0) is 44.3. The highest BCUT2D eigenvalue weighted by Crippen LogP contribution is 2.63. The lowest BCUT2D eigenvalue weighted by molar-refractivity contribution is -0.397. The number of hydrogen-bond donors (Lipinski definition) is 10. The molecule has 3 amide bonds. The quantitative estimate of drug-likeness (QED) is 0.0923. The zero-order valence-electron chi connectivity index (χ0n) is 31.6. The molecule has 0 spiro atoms. The van der Waals surface area contributed by atoms with Crippen LogP contribution in [0.3, 0.4) is 0 Å². The first-order valence-corrected chi connectivity index (χ1v) is 16.9. The highest BCUT2D eigenvalue weighted by molar-refractivity contribution is 5.80. The molecule has 2 saturated heterocycles. The molecule has 4 atom stereocenters. The Bertz CT molecular complexity index is 1930. The highest BCUT2D eigenvalue weighted by Gasteiger charge is 2.75. The van der Waals surface area contributed by atoms with E-state index in [4.69, 9.17) is 0 Å². The van der Waals surface area contributed by atoms with Gasteiger partial charge in [0.15, 0.2) is 28.7 Å². The molecule has 4 unspecified atom stereocenters. The average Bonchev–Trinajstić information content (AvgIpc) is 3.03. The molecule has 2 aliphatic heterocycles. The molecule has 2 fully saturated rings. The number of urea groups is 1. The largest absolute Gasteiger partial charge is 0.507 e. The van der Waals surface area contributed by atoms with Gasteiger partial charge in [-0.1, -0.05) is 13.8 Å². The number of piperidine rings is 1. The minimum Gasteiger partial charge on any atom is -0.507 e. The van der Waals surface area contributed by atoms with Gasteiger partial charge in [0.2, 0.25) is 17.5 Å². The number of rotatable bonds is 4. The third-order valence-electron chi connectivity index (χ3n) is 11.7. The third-order valence-corrected chi connectivity index (χ3v) is 11.7. The topological polar surface area (TPSA) is 249 Å². The van der Waals surface area contributed by atoms with E-state index in [1.165, 1.54) is 30.6 Å². The van der Waals surface area contributed by atoms with Crippen LogP contribution in [-0.4, -0.2) is 133 Å². The maximum Gasteiger partial charge on any atom is 0.423 e. The number of carbonyl (C=O) groups is 2. The Morgan fingerprint density at radius 1 is 0.737 bits per heavy atom. The Morgan fingerprint density at radius 2 is 1.16 bits per heavy atom. The number of aliphatic hydroxyl groups is 4. The summed E-state index contributed by atoms with van der Waals surface area (Å²) in [6.45, 7) is 6.23. The number of phenols is 6. The van der Waals surface area contributed by atoms with Crippen molar-refractivity contribution in [1.29, 1.82) is 0 Å². The fourth-order valence-electron chi connectivity index (χ4n) is 8.33. The highest BCUT2D eigenvalue weighted by atomic mass is 19.4. The number of amides is 3. The number of likely N-dealkylation sites (tertiary alicyclic amines) is 1. The van der Waals surface area contributed by atoms with Crippen molar-refractivity contribution >= 4 is 11.9 Å². The fourth-order valence-corrected chi connectivity index (χ4v) is 8.33. The smallest absolute Gasteiger partial charge is 0.423 e. The van der Waals surface area contributed by atoms with E-state index in [2.05, 4.69) is 0 Å². The van der Waals surface area contributed by atoms with Gasteiger partial charge in [-0.25, -0.2) is 4.79 Å². The molecule has 320 valence electrons. The van der Waals surface area contributed by atoms with Crippen LogP contribution < -0.4 is 0 Å². The molecule has 0 aliphatic carbocycles. The van der Waals surface area contributed by atoms with Gasteiger partial charge in [0.1, 0.15) is 28.4 Å². The van der Waals surface area contributed by atoms with Gasteiger partial charge < -0.3 is 56.0 Å². The molecule has 57 heavy (non-hydrogen) atoms. The number of benzene rings is 2. The van der Waals surface area contributed by atoms with Gasteiger partial charge in [-0.3, -0.25) is 19.5 Å².